The molecule has 0 N–H and O–H groups in total. The van der Waals surface area contributed by atoms with Crippen molar-refractivity contribution < 1.29 is 14.3 Å². The summed E-state index contributed by atoms with van der Waals surface area (Å²) < 4.78 is 11.9. The SMILES string of the molecule is COC(=O)CSc1nc2ccccc2c(=O)n1CC1CCCO1. The largest absolute Gasteiger partial charge is 0.468 e. The van der Waals surface area contributed by atoms with Crippen molar-refractivity contribution in [3.63, 3.8) is 0 Å². The zero-order valence-electron chi connectivity index (χ0n) is 12.9. The lowest BCUT2D eigenvalue weighted by molar-refractivity contribution is -0.137. The van der Waals surface area contributed by atoms with Crippen LogP contribution >= 0.6 is 11.8 Å². The van der Waals surface area contributed by atoms with Gasteiger partial charge in [0, 0.05) is 6.61 Å². The van der Waals surface area contributed by atoms with Crippen molar-refractivity contribution in [2.24, 2.45) is 0 Å². The Balaban J connectivity index is 1.99. The Morgan fingerprint density at radius 3 is 3.04 bits per heavy atom. The van der Waals surface area contributed by atoms with E-state index < -0.39 is 0 Å². The number of carbonyl (C=O) groups is 1. The van der Waals surface area contributed by atoms with E-state index in [0.717, 1.165) is 19.4 Å². The van der Waals surface area contributed by atoms with Crippen molar-refractivity contribution in [1.29, 1.82) is 0 Å². The molecule has 3 rings (SSSR count). The van der Waals surface area contributed by atoms with Crippen LogP contribution in [-0.2, 0) is 20.8 Å². The predicted octanol–water partition coefficient (Wildman–Crippen LogP) is 1.84. The summed E-state index contributed by atoms with van der Waals surface area (Å²) in [5, 5.41) is 1.10. The van der Waals surface area contributed by atoms with Crippen LogP contribution in [0, 0.1) is 0 Å². The Hall–Kier alpha value is -1.86. The van der Waals surface area contributed by atoms with Gasteiger partial charge in [-0.15, -0.1) is 0 Å². The van der Waals surface area contributed by atoms with Gasteiger partial charge in [-0.1, -0.05) is 23.9 Å². The predicted molar refractivity (Wildman–Crippen MR) is 87.7 cm³/mol. The number of nitrogens with zero attached hydrogens (tertiary/aromatic N) is 2. The fourth-order valence-electron chi connectivity index (χ4n) is 2.59. The molecule has 0 bridgehead atoms. The molecule has 1 saturated heterocycles. The summed E-state index contributed by atoms with van der Waals surface area (Å²) in [6.45, 7) is 1.19. The van der Waals surface area contributed by atoms with Crippen molar-refractivity contribution in [3.8, 4) is 0 Å². The van der Waals surface area contributed by atoms with Crippen LogP contribution < -0.4 is 5.56 Å². The number of fused-ring (bicyclic) bond motifs is 1. The van der Waals surface area contributed by atoms with E-state index >= 15 is 0 Å². The van der Waals surface area contributed by atoms with Gasteiger partial charge in [-0.2, -0.15) is 0 Å². The first-order valence-corrected chi connectivity index (χ1v) is 8.48. The van der Waals surface area contributed by atoms with E-state index in [1.54, 1.807) is 16.7 Å². The van der Waals surface area contributed by atoms with Gasteiger partial charge in [0.05, 0.1) is 36.4 Å². The number of ether oxygens (including phenoxy) is 2. The molecule has 0 radical (unpaired) electrons. The first-order chi connectivity index (χ1) is 11.2. The summed E-state index contributed by atoms with van der Waals surface area (Å²) in [5.41, 5.74) is 0.534. The van der Waals surface area contributed by atoms with Crippen LogP contribution in [0.15, 0.2) is 34.2 Å². The fourth-order valence-corrected chi connectivity index (χ4v) is 3.43. The molecule has 0 spiro atoms. The number of hydrogen-bond donors (Lipinski definition) is 0. The monoisotopic (exact) mass is 334 g/mol. The molecule has 1 aliphatic heterocycles. The number of rotatable bonds is 5. The Labute approximate surface area is 137 Å². The van der Waals surface area contributed by atoms with Crippen molar-refractivity contribution in [2.45, 2.75) is 30.6 Å². The molecule has 122 valence electrons. The molecule has 7 heteroatoms. The Morgan fingerprint density at radius 2 is 2.30 bits per heavy atom. The first kappa shape index (κ1) is 16.0. The van der Waals surface area contributed by atoms with E-state index in [1.165, 1.54) is 18.9 Å². The number of hydrogen-bond acceptors (Lipinski definition) is 6. The lowest BCUT2D eigenvalue weighted by Crippen LogP contribution is -2.29. The van der Waals surface area contributed by atoms with Gasteiger partial charge in [-0.3, -0.25) is 14.2 Å². The van der Waals surface area contributed by atoms with Crippen LogP contribution in [0.25, 0.3) is 10.9 Å². The summed E-state index contributed by atoms with van der Waals surface area (Å²) in [4.78, 5) is 28.7. The van der Waals surface area contributed by atoms with E-state index in [2.05, 4.69) is 9.72 Å². The highest BCUT2D eigenvalue weighted by Gasteiger charge is 2.20. The van der Waals surface area contributed by atoms with Crippen LogP contribution in [0.1, 0.15) is 12.8 Å². The summed E-state index contributed by atoms with van der Waals surface area (Å²) in [6.07, 6.45) is 1.96. The smallest absolute Gasteiger partial charge is 0.316 e. The molecule has 1 unspecified atom stereocenters. The number of para-hydroxylation sites is 1. The summed E-state index contributed by atoms with van der Waals surface area (Å²) in [6, 6.07) is 7.23. The zero-order valence-corrected chi connectivity index (χ0v) is 13.7. The van der Waals surface area contributed by atoms with Crippen LogP contribution in [0.2, 0.25) is 0 Å². The molecule has 1 atom stereocenters. The summed E-state index contributed by atoms with van der Waals surface area (Å²) in [5.74, 6) is -0.228. The quantitative estimate of drug-likeness (QED) is 0.472. The minimum absolute atomic E-state index is 0.0214. The topological polar surface area (TPSA) is 70.4 Å². The maximum absolute atomic E-state index is 12.8. The van der Waals surface area contributed by atoms with Crippen LogP contribution in [0.4, 0.5) is 0 Å². The third kappa shape index (κ3) is 3.56. The third-order valence-electron chi connectivity index (χ3n) is 3.78. The van der Waals surface area contributed by atoms with Crippen molar-refractivity contribution in [2.75, 3.05) is 19.5 Å². The molecule has 0 amide bonds. The lowest BCUT2D eigenvalue weighted by atomic mass is 10.2. The normalized spacial score (nSPS) is 17.5. The van der Waals surface area contributed by atoms with E-state index in [1.807, 2.05) is 12.1 Å². The van der Waals surface area contributed by atoms with E-state index in [9.17, 15) is 9.59 Å². The minimum Gasteiger partial charge on any atom is -0.468 e. The van der Waals surface area contributed by atoms with Gasteiger partial charge in [0.1, 0.15) is 0 Å². The number of thioether (sulfide) groups is 1. The molecule has 1 aliphatic rings. The second-order valence-corrected chi connectivity index (χ2v) is 6.27. The van der Waals surface area contributed by atoms with Gasteiger partial charge >= 0.3 is 5.97 Å². The summed E-state index contributed by atoms with van der Waals surface area (Å²) >= 11 is 1.21. The highest BCUT2D eigenvalue weighted by Crippen LogP contribution is 2.21. The molecule has 6 nitrogen and oxygen atoms in total. The number of benzene rings is 1. The molecule has 1 aromatic heterocycles. The third-order valence-corrected chi connectivity index (χ3v) is 4.73. The average Bonchev–Trinajstić information content (AvgIpc) is 3.08. The first-order valence-electron chi connectivity index (χ1n) is 7.50. The van der Waals surface area contributed by atoms with Gasteiger partial charge in [0.25, 0.3) is 5.56 Å². The van der Waals surface area contributed by atoms with Crippen molar-refractivity contribution >= 4 is 28.6 Å². The van der Waals surface area contributed by atoms with Crippen LogP contribution in [-0.4, -0.2) is 41.1 Å². The molecule has 2 aromatic rings. The van der Waals surface area contributed by atoms with Crippen LogP contribution in [0.5, 0.6) is 0 Å². The minimum atomic E-state index is -0.346. The number of carbonyl (C=O) groups excluding carboxylic acids is 1. The standard InChI is InChI=1S/C16H18N2O4S/c1-21-14(19)10-23-16-17-13-7-3-2-6-12(13)15(20)18(16)9-11-5-4-8-22-11/h2-3,6-7,11H,4-5,8-10H2,1H3. The molecule has 0 saturated carbocycles. The average molecular weight is 334 g/mol. The highest BCUT2D eigenvalue weighted by atomic mass is 32.2. The van der Waals surface area contributed by atoms with Gasteiger partial charge in [0.2, 0.25) is 0 Å². The maximum Gasteiger partial charge on any atom is 0.316 e. The molecule has 23 heavy (non-hydrogen) atoms. The van der Waals surface area contributed by atoms with E-state index in [0.29, 0.717) is 22.6 Å². The molecular formula is C16H18N2O4S. The molecule has 2 heterocycles. The Bertz CT molecular complexity index is 768. The lowest BCUT2D eigenvalue weighted by Gasteiger charge is -2.16. The maximum atomic E-state index is 12.8. The molecule has 1 aromatic carbocycles. The van der Waals surface area contributed by atoms with Crippen molar-refractivity contribution in [3.05, 3.63) is 34.6 Å². The fraction of sp³-hybridized carbons (Fsp3) is 0.438. The number of aromatic nitrogens is 2. The number of methoxy groups -OCH3 is 1. The zero-order chi connectivity index (χ0) is 16.2. The van der Waals surface area contributed by atoms with E-state index in [-0.39, 0.29) is 23.4 Å². The highest BCUT2D eigenvalue weighted by molar-refractivity contribution is 7.99. The van der Waals surface area contributed by atoms with Crippen molar-refractivity contribution in [1.82, 2.24) is 9.55 Å². The molecular weight excluding hydrogens is 316 g/mol. The number of esters is 1. The summed E-state index contributed by atoms with van der Waals surface area (Å²) in [7, 11) is 1.34. The van der Waals surface area contributed by atoms with Crippen LogP contribution in [0.3, 0.4) is 0 Å². The Kier molecular flexibility index (Phi) is 4.97. The second-order valence-electron chi connectivity index (χ2n) is 5.33. The van der Waals surface area contributed by atoms with E-state index in [4.69, 9.17) is 4.74 Å². The molecule has 1 fully saturated rings. The van der Waals surface area contributed by atoms with Gasteiger partial charge in [-0.25, -0.2) is 4.98 Å². The molecule has 0 aliphatic carbocycles. The Morgan fingerprint density at radius 1 is 1.48 bits per heavy atom. The van der Waals surface area contributed by atoms with Gasteiger partial charge < -0.3 is 9.47 Å². The second kappa shape index (κ2) is 7.14. The van der Waals surface area contributed by atoms with Gasteiger partial charge in [-0.05, 0) is 25.0 Å². The van der Waals surface area contributed by atoms with Gasteiger partial charge in [0.15, 0.2) is 5.16 Å².